The largest absolute Gasteiger partial charge is 0.481 e. The van der Waals surface area contributed by atoms with E-state index in [1.54, 1.807) is 24.3 Å². The molecule has 2 rings (SSSR count). The van der Waals surface area contributed by atoms with Crippen molar-refractivity contribution in [2.75, 3.05) is 11.0 Å². The van der Waals surface area contributed by atoms with Crippen LogP contribution in [0.3, 0.4) is 0 Å². The van der Waals surface area contributed by atoms with Crippen molar-refractivity contribution in [3.05, 3.63) is 29.8 Å². The Balaban J connectivity index is 2.37. The molecule has 5 nitrogen and oxygen atoms in total. The smallest absolute Gasteiger partial charge is 0.304 e. The van der Waals surface area contributed by atoms with E-state index >= 15 is 0 Å². The van der Waals surface area contributed by atoms with Crippen molar-refractivity contribution in [1.82, 2.24) is 0 Å². The van der Waals surface area contributed by atoms with Crippen LogP contribution >= 0.6 is 0 Å². The predicted molar refractivity (Wildman–Crippen MR) is 68.1 cm³/mol. The van der Waals surface area contributed by atoms with Crippen LogP contribution in [0.5, 0.6) is 0 Å². The van der Waals surface area contributed by atoms with Gasteiger partial charge in [-0.25, -0.2) is 8.42 Å². The maximum absolute atomic E-state index is 11.3. The average Bonchev–Trinajstić information content (AvgIpc) is 2.96. The van der Waals surface area contributed by atoms with Crippen LogP contribution in [0.25, 0.3) is 0 Å². The highest BCUT2D eigenvalue weighted by atomic mass is 32.2. The Morgan fingerprint density at radius 1 is 1.39 bits per heavy atom. The molecule has 98 valence electrons. The maximum atomic E-state index is 11.3. The number of carbonyl (C=O) groups is 1. The number of para-hydroxylation sites is 1. The van der Waals surface area contributed by atoms with Gasteiger partial charge in [-0.3, -0.25) is 9.52 Å². The number of rotatable bonds is 5. The molecule has 0 radical (unpaired) electrons. The summed E-state index contributed by atoms with van der Waals surface area (Å²) in [5.41, 5.74) is 0.858. The molecule has 0 aromatic heterocycles. The van der Waals surface area contributed by atoms with E-state index in [1.807, 2.05) is 0 Å². The van der Waals surface area contributed by atoms with Crippen LogP contribution < -0.4 is 4.72 Å². The Morgan fingerprint density at radius 3 is 2.50 bits per heavy atom. The minimum atomic E-state index is -3.36. The summed E-state index contributed by atoms with van der Waals surface area (Å²) in [5.74, 6) is -0.860. The molecule has 0 bridgehead atoms. The van der Waals surface area contributed by atoms with Gasteiger partial charge in [0.15, 0.2) is 0 Å². The molecule has 0 unspecified atom stereocenters. The molecule has 1 aliphatic carbocycles. The minimum absolute atomic E-state index is 0.0372. The van der Waals surface area contributed by atoms with E-state index in [0.717, 1.165) is 24.7 Å². The van der Waals surface area contributed by atoms with Crippen molar-refractivity contribution in [3.63, 3.8) is 0 Å². The van der Waals surface area contributed by atoms with Crippen molar-refractivity contribution in [2.24, 2.45) is 0 Å². The third-order valence-corrected chi connectivity index (χ3v) is 3.73. The van der Waals surface area contributed by atoms with E-state index < -0.39 is 21.4 Å². The molecular weight excluding hydrogens is 254 g/mol. The number of nitrogens with one attached hydrogen (secondary N) is 1. The number of benzene rings is 1. The van der Waals surface area contributed by atoms with Gasteiger partial charge in [0.05, 0.1) is 18.4 Å². The van der Waals surface area contributed by atoms with E-state index in [4.69, 9.17) is 5.11 Å². The van der Waals surface area contributed by atoms with E-state index in [9.17, 15) is 13.2 Å². The molecule has 0 atom stereocenters. The Bertz CT molecular complexity index is 575. The molecule has 6 heteroatoms. The van der Waals surface area contributed by atoms with Gasteiger partial charge in [0.25, 0.3) is 0 Å². The van der Waals surface area contributed by atoms with Gasteiger partial charge in [0, 0.05) is 5.41 Å². The molecule has 0 amide bonds. The van der Waals surface area contributed by atoms with Crippen LogP contribution in [0.15, 0.2) is 24.3 Å². The highest BCUT2D eigenvalue weighted by Gasteiger charge is 2.47. The SMILES string of the molecule is CS(=O)(=O)Nc1ccccc1C1(CC(=O)O)CC1. The molecule has 0 aliphatic heterocycles. The fraction of sp³-hybridized carbons (Fsp3) is 0.417. The predicted octanol–water partition coefficient (Wildman–Crippen LogP) is 1.56. The Kier molecular flexibility index (Phi) is 3.06. The average molecular weight is 269 g/mol. The second kappa shape index (κ2) is 4.28. The molecule has 0 heterocycles. The summed E-state index contributed by atoms with van der Waals surface area (Å²) in [6.45, 7) is 0. The summed E-state index contributed by atoms with van der Waals surface area (Å²) in [6.07, 6.45) is 2.68. The van der Waals surface area contributed by atoms with Crippen molar-refractivity contribution in [3.8, 4) is 0 Å². The standard InChI is InChI=1S/C12H15NO4S/c1-18(16,17)13-10-5-3-2-4-9(10)12(6-7-12)8-11(14)15/h2-5,13H,6-8H2,1H3,(H,14,15). The van der Waals surface area contributed by atoms with E-state index in [0.29, 0.717) is 5.69 Å². The normalized spacial score (nSPS) is 17.2. The van der Waals surface area contributed by atoms with Crippen LogP contribution in [-0.2, 0) is 20.2 Å². The summed E-state index contributed by atoms with van der Waals surface area (Å²) >= 11 is 0. The van der Waals surface area contributed by atoms with E-state index in [2.05, 4.69) is 4.72 Å². The Morgan fingerprint density at radius 2 is 2.00 bits per heavy atom. The molecule has 0 saturated heterocycles. The van der Waals surface area contributed by atoms with Gasteiger partial charge in [-0.05, 0) is 24.5 Å². The van der Waals surface area contributed by atoms with Gasteiger partial charge in [0.2, 0.25) is 10.0 Å². The second-order valence-electron chi connectivity index (χ2n) is 4.77. The fourth-order valence-electron chi connectivity index (χ4n) is 2.22. The van der Waals surface area contributed by atoms with Gasteiger partial charge in [0.1, 0.15) is 0 Å². The summed E-state index contributed by atoms with van der Waals surface area (Å²) in [4.78, 5) is 10.9. The molecule has 18 heavy (non-hydrogen) atoms. The summed E-state index contributed by atoms with van der Waals surface area (Å²) in [7, 11) is -3.36. The summed E-state index contributed by atoms with van der Waals surface area (Å²) < 4.78 is 25.0. The monoisotopic (exact) mass is 269 g/mol. The summed E-state index contributed by atoms with van der Waals surface area (Å²) in [6, 6.07) is 6.99. The quantitative estimate of drug-likeness (QED) is 0.849. The first kappa shape index (κ1) is 12.9. The zero-order valence-electron chi connectivity index (χ0n) is 10.0. The van der Waals surface area contributed by atoms with Gasteiger partial charge in [-0.1, -0.05) is 18.2 Å². The lowest BCUT2D eigenvalue weighted by Gasteiger charge is -2.18. The van der Waals surface area contributed by atoms with Gasteiger partial charge < -0.3 is 5.11 Å². The van der Waals surface area contributed by atoms with Gasteiger partial charge in [-0.15, -0.1) is 0 Å². The molecule has 1 aromatic rings. The number of anilines is 1. The van der Waals surface area contributed by atoms with Crippen LogP contribution in [-0.4, -0.2) is 25.7 Å². The van der Waals surface area contributed by atoms with E-state index in [1.165, 1.54) is 0 Å². The molecular formula is C12H15NO4S. The first-order chi connectivity index (χ1) is 8.32. The fourth-order valence-corrected chi connectivity index (χ4v) is 2.79. The van der Waals surface area contributed by atoms with Crippen molar-refractivity contribution >= 4 is 21.7 Å². The third-order valence-electron chi connectivity index (χ3n) is 3.14. The lowest BCUT2D eigenvalue weighted by molar-refractivity contribution is -0.137. The van der Waals surface area contributed by atoms with Crippen LogP contribution in [0.1, 0.15) is 24.8 Å². The Labute approximate surface area is 106 Å². The number of aliphatic carboxylic acids is 1. The maximum Gasteiger partial charge on any atom is 0.304 e. The lowest BCUT2D eigenvalue weighted by atomic mass is 9.91. The zero-order valence-corrected chi connectivity index (χ0v) is 10.8. The van der Waals surface area contributed by atoms with Crippen LogP contribution in [0.2, 0.25) is 0 Å². The first-order valence-electron chi connectivity index (χ1n) is 5.62. The van der Waals surface area contributed by atoms with Crippen molar-refractivity contribution in [2.45, 2.75) is 24.7 Å². The minimum Gasteiger partial charge on any atom is -0.481 e. The lowest BCUT2D eigenvalue weighted by Crippen LogP contribution is -2.18. The van der Waals surface area contributed by atoms with Gasteiger partial charge in [-0.2, -0.15) is 0 Å². The molecule has 0 spiro atoms. The molecule has 1 aliphatic rings. The number of hydrogen-bond acceptors (Lipinski definition) is 3. The molecule has 1 saturated carbocycles. The number of hydrogen-bond donors (Lipinski definition) is 2. The summed E-state index contributed by atoms with van der Waals surface area (Å²) in [5, 5.41) is 8.94. The second-order valence-corrected chi connectivity index (χ2v) is 6.52. The zero-order chi connectivity index (χ0) is 13.4. The topological polar surface area (TPSA) is 83.5 Å². The molecule has 1 aromatic carbocycles. The number of sulfonamides is 1. The number of carboxylic acids is 1. The van der Waals surface area contributed by atoms with Crippen molar-refractivity contribution in [1.29, 1.82) is 0 Å². The molecule has 1 fully saturated rings. The van der Waals surface area contributed by atoms with Gasteiger partial charge >= 0.3 is 5.97 Å². The third kappa shape index (κ3) is 2.81. The van der Waals surface area contributed by atoms with Crippen LogP contribution in [0, 0.1) is 0 Å². The highest BCUT2D eigenvalue weighted by Crippen LogP contribution is 2.53. The van der Waals surface area contributed by atoms with Crippen LogP contribution in [0.4, 0.5) is 5.69 Å². The Hall–Kier alpha value is -1.56. The highest BCUT2D eigenvalue weighted by molar-refractivity contribution is 7.92. The first-order valence-corrected chi connectivity index (χ1v) is 7.51. The number of carboxylic acid groups (broad SMARTS) is 1. The van der Waals surface area contributed by atoms with Crippen molar-refractivity contribution < 1.29 is 18.3 Å². The molecule has 2 N–H and O–H groups in total. The van der Waals surface area contributed by atoms with E-state index in [-0.39, 0.29) is 6.42 Å².